The molecule has 5 rings (SSSR count). The molecule has 0 saturated carbocycles. The molecule has 2 heterocycles. The molecule has 1 saturated heterocycles. The number of benzene rings is 3. The molecular formula is C36H44N2O3S. The number of rotatable bonds is 10. The highest BCUT2D eigenvalue weighted by Crippen LogP contribution is 2.45. The van der Waals surface area contributed by atoms with Crippen LogP contribution in [0.2, 0.25) is 0 Å². The number of piperidine rings is 1. The van der Waals surface area contributed by atoms with Gasteiger partial charge in [0.15, 0.2) is 11.5 Å². The third-order valence-corrected chi connectivity index (χ3v) is 9.27. The zero-order valence-corrected chi connectivity index (χ0v) is 26.7. The first-order valence-electron chi connectivity index (χ1n) is 14.9. The molecule has 0 aliphatic carbocycles. The van der Waals surface area contributed by atoms with Crippen LogP contribution in [0.1, 0.15) is 56.9 Å². The monoisotopic (exact) mass is 584 g/mol. The highest BCUT2D eigenvalue weighted by Gasteiger charge is 2.22. The first-order valence-corrected chi connectivity index (χ1v) is 15.8. The summed E-state index contributed by atoms with van der Waals surface area (Å²) in [5, 5.41) is 3.26. The van der Waals surface area contributed by atoms with Crippen LogP contribution in [-0.2, 0) is 18.4 Å². The van der Waals surface area contributed by atoms with Gasteiger partial charge in [-0.3, -0.25) is 4.90 Å². The molecule has 6 heteroatoms. The van der Waals surface area contributed by atoms with Crippen LogP contribution in [0.25, 0.3) is 21.7 Å². The first kappa shape index (κ1) is 30.1. The number of thiazole rings is 1. The Bertz CT molecular complexity index is 1470. The van der Waals surface area contributed by atoms with Crippen LogP contribution < -0.4 is 14.2 Å². The third-order valence-electron chi connectivity index (χ3n) is 8.33. The Morgan fingerprint density at radius 3 is 2.38 bits per heavy atom. The first-order chi connectivity index (χ1) is 20.3. The Balaban J connectivity index is 1.22. The minimum Gasteiger partial charge on any atom is -0.493 e. The van der Waals surface area contributed by atoms with Crippen molar-refractivity contribution in [3.05, 3.63) is 82.9 Å². The molecule has 0 bridgehead atoms. The van der Waals surface area contributed by atoms with E-state index in [4.69, 9.17) is 19.2 Å². The highest BCUT2D eigenvalue weighted by molar-refractivity contribution is 7.13. The quantitative estimate of drug-likeness (QED) is 0.187. The largest absolute Gasteiger partial charge is 0.493 e. The zero-order valence-electron chi connectivity index (χ0n) is 25.9. The molecule has 0 unspecified atom stereocenters. The summed E-state index contributed by atoms with van der Waals surface area (Å²) >= 11 is 1.72. The van der Waals surface area contributed by atoms with Gasteiger partial charge in [-0.1, -0.05) is 63.2 Å². The maximum atomic E-state index is 5.74. The molecule has 0 N–H and O–H groups in total. The lowest BCUT2D eigenvalue weighted by Gasteiger charge is -2.32. The Morgan fingerprint density at radius 1 is 0.905 bits per heavy atom. The van der Waals surface area contributed by atoms with Gasteiger partial charge in [0.1, 0.15) is 5.01 Å². The van der Waals surface area contributed by atoms with Crippen LogP contribution in [-0.4, -0.2) is 44.3 Å². The smallest absolute Gasteiger partial charge is 0.203 e. The van der Waals surface area contributed by atoms with E-state index in [9.17, 15) is 0 Å². The second-order valence-electron chi connectivity index (χ2n) is 12.3. The summed E-state index contributed by atoms with van der Waals surface area (Å²) in [7, 11) is 4.93. The average Bonchev–Trinajstić information content (AvgIpc) is 3.47. The van der Waals surface area contributed by atoms with Crippen molar-refractivity contribution in [1.82, 2.24) is 9.88 Å². The Hall–Kier alpha value is -3.35. The van der Waals surface area contributed by atoms with E-state index in [1.807, 2.05) is 12.1 Å². The molecular weight excluding hydrogens is 540 g/mol. The molecule has 1 aromatic heterocycles. The van der Waals surface area contributed by atoms with Crippen molar-refractivity contribution in [1.29, 1.82) is 0 Å². The second kappa shape index (κ2) is 13.3. The standard InChI is InChI=1S/C36H44N2O3S/c1-36(2,3)29-16-14-25(15-17-29)12-13-26-9-8-20-38(22-26)23-30-24-42-35(37-30)28-11-7-10-27(21-28)31-18-19-32(39-4)34(41-6)33(31)40-5/h7,10-11,14-19,21,24,26H,8-9,12-13,20,22-23H2,1-6H3/t26-/m0/s1. The lowest BCUT2D eigenvalue weighted by atomic mass is 9.86. The normalized spacial score (nSPS) is 15.9. The number of ether oxygens (including phenoxy) is 3. The maximum absolute atomic E-state index is 5.74. The molecule has 1 aliphatic heterocycles. The lowest BCUT2D eigenvalue weighted by molar-refractivity contribution is 0.160. The summed E-state index contributed by atoms with van der Waals surface area (Å²) in [6.07, 6.45) is 5.00. The third kappa shape index (κ3) is 6.99. The van der Waals surface area contributed by atoms with Crippen molar-refractivity contribution in [2.75, 3.05) is 34.4 Å². The number of methoxy groups -OCH3 is 3. The van der Waals surface area contributed by atoms with E-state index in [1.54, 1.807) is 32.7 Å². The van der Waals surface area contributed by atoms with E-state index in [0.717, 1.165) is 59.4 Å². The molecule has 222 valence electrons. The topological polar surface area (TPSA) is 43.8 Å². The van der Waals surface area contributed by atoms with Gasteiger partial charge in [-0.25, -0.2) is 4.98 Å². The van der Waals surface area contributed by atoms with Crippen LogP contribution in [0.15, 0.2) is 66.0 Å². The van der Waals surface area contributed by atoms with Crippen LogP contribution in [0, 0.1) is 5.92 Å². The minimum absolute atomic E-state index is 0.207. The van der Waals surface area contributed by atoms with Crippen LogP contribution in [0.4, 0.5) is 0 Å². The zero-order chi connectivity index (χ0) is 29.7. The van der Waals surface area contributed by atoms with Gasteiger partial charge in [0, 0.05) is 29.6 Å². The maximum Gasteiger partial charge on any atom is 0.203 e. The van der Waals surface area contributed by atoms with E-state index in [-0.39, 0.29) is 5.41 Å². The number of aryl methyl sites for hydroxylation is 1. The molecule has 3 aromatic carbocycles. The number of nitrogens with zero attached hydrogens (tertiary/aromatic N) is 2. The lowest BCUT2D eigenvalue weighted by Crippen LogP contribution is -2.35. The van der Waals surface area contributed by atoms with E-state index >= 15 is 0 Å². The van der Waals surface area contributed by atoms with Crippen molar-refractivity contribution < 1.29 is 14.2 Å². The predicted octanol–water partition coefficient (Wildman–Crippen LogP) is 8.65. The van der Waals surface area contributed by atoms with E-state index in [1.165, 1.54) is 30.4 Å². The fourth-order valence-electron chi connectivity index (χ4n) is 5.96. The molecule has 0 amide bonds. The van der Waals surface area contributed by atoms with Gasteiger partial charge in [-0.2, -0.15) is 0 Å². The average molecular weight is 585 g/mol. The SMILES string of the molecule is COc1ccc(-c2cccc(-c3nc(CN4CCC[C@@H](CCc5ccc(C(C)(C)C)cc5)C4)cs3)c2)c(OC)c1OC. The Morgan fingerprint density at radius 2 is 1.67 bits per heavy atom. The molecule has 1 atom stereocenters. The molecule has 1 aliphatic rings. The summed E-state index contributed by atoms with van der Waals surface area (Å²) in [6.45, 7) is 10.0. The van der Waals surface area contributed by atoms with Crippen molar-refractivity contribution in [3.8, 4) is 38.9 Å². The van der Waals surface area contributed by atoms with E-state index in [0.29, 0.717) is 17.2 Å². The van der Waals surface area contributed by atoms with Gasteiger partial charge in [0.2, 0.25) is 5.75 Å². The van der Waals surface area contributed by atoms with Gasteiger partial charge in [0.05, 0.1) is 27.0 Å². The number of hydrogen-bond donors (Lipinski definition) is 0. The highest BCUT2D eigenvalue weighted by atomic mass is 32.1. The Kier molecular flexibility index (Phi) is 9.54. The molecule has 4 aromatic rings. The fraction of sp³-hybridized carbons (Fsp3) is 0.417. The summed E-state index contributed by atoms with van der Waals surface area (Å²) in [5.41, 5.74) is 7.34. The summed E-state index contributed by atoms with van der Waals surface area (Å²) in [6, 6.07) is 21.7. The number of aromatic nitrogens is 1. The van der Waals surface area contributed by atoms with Crippen LogP contribution in [0.3, 0.4) is 0 Å². The number of likely N-dealkylation sites (tertiary alicyclic amines) is 1. The number of hydrogen-bond acceptors (Lipinski definition) is 6. The van der Waals surface area contributed by atoms with E-state index < -0.39 is 0 Å². The van der Waals surface area contributed by atoms with Crippen LogP contribution >= 0.6 is 11.3 Å². The van der Waals surface area contributed by atoms with Gasteiger partial charge in [-0.15, -0.1) is 11.3 Å². The van der Waals surface area contributed by atoms with Gasteiger partial charge >= 0.3 is 0 Å². The molecule has 0 radical (unpaired) electrons. The van der Waals surface area contributed by atoms with Crippen LogP contribution in [0.5, 0.6) is 17.2 Å². The predicted molar refractivity (Wildman–Crippen MR) is 174 cm³/mol. The fourth-order valence-corrected chi connectivity index (χ4v) is 6.77. The second-order valence-corrected chi connectivity index (χ2v) is 13.2. The summed E-state index contributed by atoms with van der Waals surface area (Å²) in [4.78, 5) is 7.66. The summed E-state index contributed by atoms with van der Waals surface area (Å²) in [5.74, 6) is 2.65. The minimum atomic E-state index is 0.207. The van der Waals surface area contributed by atoms with Gasteiger partial charge < -0.3 is 14.2 Å². The van der Waals surface area contributed by atoms with Crippen molar-refractivity contribution in [2.45, 2.75) is 58.4 Å². The molecule has 0 spiro atoms. The molecule has 42 heavy (non-hydrogen) atoms. The Labute approximate surface area is 255 Å². The molecule has 5 nitrogen and oxygen atoms in total. The van der Waals surface area contributed by atoms with E-state index in [2.05, 4.69) is 79.6 Å². The van der Waals surface area contributed by atoms with Gasteiger partial charge in [0.25, 0.3) is 0 Å². The molecule has 1 fully saturated rings. The van der Waals surface area contributed by atoms with Crippen molar-refractivity contribution in [3.63, 3.8) is 0 Å². The van der Waals surface area contributed by atoms with Crippen molar-refractivity contribution >= 4 is 11.3 Å². The van der Waals surface area contributed by atoms with Crippen molar-refractivity contribution in [2.24, 2.45) is 5.92 Å². The van der Waals surface area contributed by atoms with Gasteiger partial charge in [-0.05, 0) is 78.5 Å². The summed E-state index contributed by atoms with van der Waals surface area (Å²) < 4.78 is 16.8.